The van der Waals surface area contributed by atoms with E-state index in [0.717, 1.165) is 11.6 Å². The van der Waals surface area contributed by atoms with Gasteiger partial charge in [0.1, 0.15) is 17.2 Å². The largest absolute Gasteiger partial charge is 0.321 e. The molecule has 2 N–H and O–H groups in total. The number of aromatic nitrogens is 1. The molecule has 2 aromatic carbocycles. The molecule has 136 valence electrons. The topological polar surface area (TPSA) is 71.1 Å². The molecule has 0 atom stereocenters. The Morgan fingerprint density at radius 3 is 2.07 bits per heavy atom. The molecule has 1 aromatic heterocycles. The fraction of sp³-hybridized carbons (Fsp3) is 0.0500. The minimum absolute atomic E-state index is 0.0485. The number of carbonyl (C=O) groups is 2. The van der Waals surface area contributed by atoms with Crippen LogP contribution in [0, 0.1) is 12.7 Å². The lowest BCUT2D eigenvalue weighted by Gasteiger charge is -2.08. The lowest BCUT2D eigenvalue weighted by atomic mass is 10.2. The van der Waals surface area contributed by atoms with Crippen molar-refractivity contribution in [1.29, 1.82) is 0 Å². The molecule has 1 heterocycles. The monoisotopic (exact) mass is 383 g/mol. The molecule has 0 radical (unpaired) electrons. The first-order valence-electron chi connectivity index (χ1n) is 8.04. The fourth-order valence-electron chi connectivity index (χ4n) is 2.37. The third-order valence-corrected chi connectivity index (χ3v) is 3.96. The second-order valence-electron chi connectivity index (χ2n) is 5.81. The minimum atomic E-state index is -0.581. The van der Waals surface area contributed by atoms with Gasteiger partial charge in [-0.25, -0.2) is 9.37 Å². The van der Waals surface area contributed by atoms with E-state index in [1.165, 1.54) is 24.3 Å². The molecule has 0 saturated carbocycles. The molecule has 5 nitrogen and oxygen atoms in total. The number of carbonyl (C=O) groups excluding carboxylic acids is 2. The SMILES string of the molecule is Cc1cccc(NC(=O)c2cccc(C(=O)Nc3ccc(F)c(Cl)c3)n2)c1. The van der Waals surface area contributed by atoms with Gasteiger partial charge in [0.2, 0.25) is 0 Å². The number of halogens is 2. The van der Waals surface area contributed by atoms with Gasteiger partial charge in [-0.2, -0.15) is 0 Å². The summed E-state index contributed by atoms with van der Waals surface area (Å²) < 4.78 is 13.2. The van der Waals surface area contributed by atoms with E-state index in [9.17, 15) is 14.0 Å². The van der Waals surface area contributed by atoms with Crippen LogP contribution in [0.3, 0.4) is 0 Å². The number of aryl methyl sites for hydroxylation is 1. The summed E-state index contributed by atoms with van der Waals surface area (Å²) in [6.45, 7) is 1.92. The predicted octanol–water partition coefficient (Wildman–Crippen LogP) is 4.69. The van der Waals surface area contributed by atoms with Gasteiger partial charge in [0.15, 0.2) is 0 Å². The number of nitrogens with zero attached hydrogens (tertiary/aromatic N) is 1. The Morgan fingerprint density at radius 2 is 1.48 bits per heavy atom. The van der Waals surface area contributed by atoms with Gasteiger partial charge in [-0.15, -0.1) is 0 Å². The summed E-state index contributed by atoms with van der Waals surface area (Å²) in [7, 11) is 0. The van der Waals surface area contributed by atoms with E-state index in [1.54, 1.807) is 12.1 Å². The summed E-state index contributed by atoms with van der Waals surface area (Å²) in [5.74, 6) is -1.55. The van der Waals surface area contributed by atoms with Crippen LogP contribution in [0.25, 0.3) is 0 Å². The molecule has 0 aliphatic rings. The van der Waals surface area contributed by atoms with Gasteiger partial charge in [-0.05, 0) is 55.0 Å². The van der Waals surface area contributed by atoms with Crippen molar-refractivity contribution < 1.29 is 14.0 Å². The van der Waals surface area contributed by atoms with E-state index in [0.29, 0.717) is 11.4 Å². The number of amides is 2. The second-order valence-corrected chi connectivity index (χ2v) is 6.22. The molecule has 0 saturated heterocycles. The molecular weight excluding hydrogens is 369 g/mol. The van der Waals surface area contributed by atoms with E-state index in [2.05, 4.69) is 15.6 Å². The fourth-order valence-corrected chi connectivity index (χ4v) is 2.56. The summed E-state index contributed by atoms with van der Waals surface area (Å²) in [5.41, 5.74) is 2.11. The van der Waals surface area contributed by atoms with Crippen LogP contribution in [0.4, 0.5) is 15.8 Å². The maximum absolute atomic E-state index is 13.2. The Bertz CT molecular complexity index is 1020. The number of pyridine rings is 1. The molecule has 0 aliphatic heterocycles. The van der Waals surface area contributed by atoms with Gasteiger partial charge >= 0.3 is 0 Å². The van der Waals surface area contributed by atoms with Gasteiger partial charge in [0.05, 0.1) is 5.02 Å². The maximum Gasteiger partial charge on any atom is 0.274 e. The molecule has 0 aliphatic carbocycles. The van der Waals surface area contributed by atoms with Crippen molar-refractivity contribution in [3.63, 3.8) is 0 Å². The number of anilines is 2. The number of hydrogen-bond donors (Lipinski definition) is 2. The van der Waals surface area contributed by atoms with Gasteiger partial charge in [0.25, 0.3) is 11.8 Å². The Morgan fingerprint density at radius 1 is 0.889 bits per heavy atom. The standard InChI is InChI=1S/C20H15ClFN3O2/c1-12-4-2-5-13(10-12)23-19(26)17-6-3-7-18(25-17)20(27)24-14-8-9-16(22)15(21)11-14/h2-11H,1H3,(H,23,26)(H,24,27). The highest BCUT2D eigenvalue weighted by molar-refractivity contribution is 6.31. The number of hydrogen-bond acceptors (Lipinski definition) is 3. The van der Waals surface area contributed by atoms with Crippen LogP contribution >= 0.6 is 11.6 Å². The molecule has 27 heavy (non-hydrogen) atoms. The van der Waals surface area contributed by atoms with Crippen molar-refractivity contribution in [2.45, 2.75) is 6.92 Å². The molecule has 0 unspecified atom stereocenters. The van der Waals surface area contributed by atoms with Crippen LogP contribution in [0.15, 0.2) is 60.7 Å². The van der Waals surface area contributed by atoms with Crippen LogP contribution in [-0.2, 0) is 0 Å². The van der Waals surface area contributed by atoms with Gasteiger partial charge < -0.3 is 10.6 Å². The van der Waals surface area contributed by atoms with E-state index >= 15 is 0 Å². The number of nitrogens with one attached hydrogen (secondary N) is 2. The smallest absolute Gasteiger partial charge is 0.274 e. The van der Waals surface area contributed by atoms with Gasteiger partial charge in [-0.3, -0.25) is 9.59 Å². The molecule has 0 fully saturated rings. The minimum Gasteiger partial charge on any atom is -0.321 e. The first-order chi connectivity index (χ1) is 12.9. The Hall–Kier alpha value is -3.25. The summed E-state index contributed by atoms with van der Waals surface area (Å²) >= 11 is 5.70. The Kier molecular flexibility index (Phi) is 5.47. The maximum atomic E-state index is 13.2. The summed E-state index contributed by atoms with van der Waals surface area (Å²) in [4.78, 5) is 28.8. The number of benzene rings is 2. The third kappa shape index (κ3) is 4.68. The second kappa shape index (κ2) is 7.97. The summed E-state index contributed by atoms with van der Waals surface area (Å²) in [6, 6.07) is 15.7. The average Bonchev–Trinajstić information content (AvgIpc) is 2.65. The highest BCUT2D eigenvalue weighted by atomic mass is 35.5. The Labute approximate surface area is 160 Å². The van der Waals surface area contributed by atoms with E-state index < -0.39 is 17.6 Å². The van der Waals surface area contributed by atoms with Crippen molar-refractivity contribution in [3.8, 4) is 0 Å². The number of rotatable bonds is 4. The van der Waals surface area contributed by atoms with Gasteiger partial charge in [0, 0.05) is 11.4 Å². The lowest BCUT2D eigenvalue weighted by molar-refractivity contribution is 0.101. The van der Waals surface area contributed by atoms with Crippen LogP contribution in [0.2, 0.25) is 5.02 Å². The zero-order valence-electron chi connectivity index (χ0n) is 14.3. The van der Waals surface area contributed by atoms with Crippen LogP contribution in [0.5, 0.6) is 0 Å². The van der Waals surface area contributed by atoms with Crippen molar-refractivity contribution >= 4 is 34.8 Å². The Balaban J connectivity index is 1.75. The molecule has 3 aromatic rings. The van der Waals surface area contributed by atoms with Crippen LogP contribution in [-0.4, -0.2) is 16.8 Å². The molecule has 7 heteroatoms. The van der Waals surface area contributed by atoms with Crippen molar-refractivity contribution in [1.82, 2.24) is 4.98 Å². The summed E-state index contributed by atoms with van der Waals surface area (Å²) in [6.07, 6.45) is 0. The van der Waals surface area contributed by atoms with E-state index in [4.69, 9.17) is 11.6 Å². The molecule has 0 spiro atoms. The predicted molar refractivity (Wildman–Crippen MR) is 103 cm³/mol. The molecular formula is C20H15ClFN3O2. The van der Waals surface area contributed by atoms with Crippen molar-refractivity contribution in [2.75, 3.05) is 10.6 Å². The third-order valence-electron chi connectivity index (χ3n) is 3.67. The highest BCUT2D eigenvalue weighted by Gasteiger charge is 2.13. The first-order valence-corrected chi connectivity index (χ1v) is 8.41. The molecule has 0 bridgehead atoms. The van der Waals surface area contributed by atoms with Gasteiger partial charge in [-0.1, -0.05) is 29.8 Å². The van der Waals surface area contributed by atoms with E-state index in [1.807, 2.05) is 25.1 Å². The van der Waals surface area contributed by atoms with Crippen molar-refractivity contribution in [3.05, 3.63) is 88.5 Å². The molecule has 2 amide bonds. The lowest BCUT2D eigenvalue weighted by Crippen LogP contribution is -2.18. The first kappa shape index (κ1) is 18.5. The van der Waals surface area contributed by atoms with Crippen LogP contribution in [0.1, 0.15) is 26.5 Å². The van der Waals surface area contributed by atoms with Crippen LogP contribution < -0.4 is 10.6 Å². The quantitative estimate of drug-likeness (QED) is 0.686. The molecule has 3 rings (SSSR count). The van der Waals surface area contributed by atoms with E-state index in [-0.39, 0.29) is 16.4 Å². The zero-order valence-corrected chi connectivity index (χ0v) is 15.0. The average molecular weight is 384 g/mol. The normalized spacial score (nSPS) is 10.3. The zero-order chi connectivity index (χ0) is 19.4. The summed E-state index contributed by atoms with van der Waals surface area (Å²) in [5, 5.41) is 5.20. The van der Waals surface area contributed by atoms with Crippen molar-refractivity contribution in [2.24, 2.45) is 0 Å². The highest BCUT2D eigenvalue weighted by Crippen LogP contribution is 2.20.